The maximum Gasteiger partial charge on any atom is 0.238 e. The fourth-order valence-corrected chi connectivity index (χ4v) is 9.84. The lowest BCUT2D eigenvalue weighted by molar-refractivity contribution is 0.954. The molecule has 0 spiro atoms. The number of fused-ring (bicyclic) bond motifs is 7. The average molecular weight is 714 g/mol. The molecule has 0 amide bonds. The van der Waals surface area contributed by atoms with Gasteiger partial charge in [0.1, 0.15) is 5.01 Å². The zero-order valence-corrected chi connectivity index (χ0v) is 29.8. The molecule has 7 heteroatoms. The van der Waals surface area contributed by atoms with E-state index >= 15 is 0 Å². The third kappa shape index (κ3) is 4.89. The highest BCUT2D eigenvalue weighted by Gasteiger charge is 2.21. The van der Waals surface area contributed by atoms with Gasteiger partial charge in [-0.05, 0) is 47.5 Å². The summed E-state index contributed by atoms with van der Waals surface area (Å²) in [6.45, 7) is 0. The zero-order chi connectivity index (χ0) is 34.9. The van der Waals surface area contributed by atoms with Crippen LogP contribution >= 0.6 is 22.7 Å². The van der Waals surface area contributed by atoms with Crippen molar-refractivity contribution in [2.45, 2.75) is 0 Å². The van der Waals surface area contributed by atoms with Crippen molar-refractivity contribution in [1.29, 1.82) is 0 Å². The molecule has 0 N–H and O–H groups in total. The van der Waals surface area contributed by atoms with Gasteiger partial charge in [-0.25, -0.2) is 9.97 Å². The van der Waals surface area contributed by atoms with Gasteiger partial charge in [-0.15, -0.1) is 22.7 Å². The fraction of sp³-hybridized carbons (Fsp3) is 0. The summed E-state index contributed by atoms with van der Waals surface area (Å²) < 4.78 is 5.73. The predicted octanol–water partition coefficient (Wildman–Crippen LogP) is 12.6. The molecule has 7 aromatic carbocycles. The van der Waals surface area contributed by atoms with Crippen LogP contribution in [-0.2, 0) is 0 Å². The maximum atomic E-state index is 5.32. The molecule has 0 aliphatic heterocycles. The van der Waals surface area contributed by atoms with Crippen molar-refractivity contribution in [3.8, 4) is 50.4 Å². The summed E-state index contributed by atoms with van der Waals surface area (Å²) in [7, 11) is 0. The van der Waals surface area contributed by atoms with Crippen molar-refractivity contribution in [3.05, 3.63) is 164 Å². The monoisotopic (exact) mass is 713 g/mol. The minimum Gasteiger partial charge on any atom is -0.278 e. The van der Waals surface area contributed by atoms with Gasteiger partial charge >= 0.3 is 0 Å². The maximum absolute atomic E-state index is 5.32. The van der Waals surface area contributed by atoms with Crippen LogP contribution in [0.3, 0.4) is 0 Å². The van der Waals surface area contributed by atoms with E-state index in [9.17, 15) is 0 Å². The molecule has 11 aromatic rings. The minimum atomic E-state index is 0.584. The molecule has 4 heterocycles. The van der Waals surface area contributed by atoms with Crippen LogP contribution < -0.4 is 0 Å². The van der Waals surface area contributed by atoms with Crippen molar-refractivity contribution in [2.75, 3.05) is 0 Å². The molecule has 4 aromatic heterocycles. The second kappa shape index (κ2) is 12.0. The Labute approximate surface area is 312 Å². The summed E-state index contributed by atoms with van der Waals surface area (Å²) >= 11 is 3.52. The normalized spacial score (nSPS) is 11.8. The Bertz CT molecular complexity index is 3150. The van der Waals surface area contributed by atoms with Crippen molar-refractivity contribution in [3.63, 3.8) is 0 Å². The standard InChI is InChI=1S/C46H27N5S2/c1-3-13-28(14-4-1)30-25-26-39-36(27-30)31-17-7-9-23-38(31)51(39)46-49-43(29-15-5-2-6-16-29)48-44(50-46)34-20-11-18-32-33-19-12-21-35(42(33)53-41(32)34)45-47-37-22-8-10-24-40(37)52-45/h1-27H. The van der Waals surface area contributed by atoms with Crippen LogP contribution in [0.1, 0.15) is 0 Å². The van der Waals surface area contributed by atoms with Crippen LogP contribution in [0, 0.1) is 0 Å². The molecular weight excluding hydrogens is 687 g/mol. The number of hydrogen-bond donors (Lipinski definition) is 0. The molecular formula is C46H27N5S2. The first-order valence-electron chi connectivity index (χ1n) is 17.5. The van der Waals surface area contributed by atoms with Crippen LogP contribution in [0.15, 0.2) is 164 Å². The van der Waals surface area contributed by atoms with Crippen LogP contribution in [0.4, 0.5) is 0 Å². The number of benzene rings is 7. The Morgan fingerprint density at radius 3 is 1.85 bits per heavy atom. The minimum absolute atomic E-state index is 0.584. The van der Waals surface area contributed by atoms with Crippen molar-refractivity contribution in [1.82, 2.24) is 24.5 Å². The van der Waals surface area contributed by atoms with Crippen LogP contribution in [-0.4, -0.2) is 24.5 Å². The van der Waals surface area contributed by atoms with E-state index in [-0.39, 0.29) is 0 Å². The first kappa shape index (κ1) is 30.1. The molecule has 0 aliphatic rings. The van der Waals surface area contributed by atoms with Crippen LogP contribution in [0.5, 0.6) is 0 Å². The highest BCUT2D eigenvalue weighted by molar-refractivity contribution is 7.27. The summed E-state index contributed by atoms with van der Waals surface area (Å²) in [5.74, 6) is 1.85. The van der Waals surface area contributed by atoms with Crippen molar-refractivity contribution in [2.24, 2.45) is 0 Å². The predicted molar refractivity (Wildman–Crippen MR) is 222 cm³/mol. The molecule has 0 aliphatic carbocycles. The van der Waals surface area contributed by atoms with E-state index in [0.717, 1.165) is 53.7 Å². The SMILES string of the molecule is c1ccc(-c2ccc3c(c2)c2ccccc2n3-c2nc(-c3ccccc3)nc(-c3cccc4c3sc3c(-c5nc6ccccc6s5)cccc34)n2)cc1. The first-order valence-corrected chi connectivity index (χ1v) is 19.1. The highest BCUT2D eigenvalue weighted by Crippen LogP contribution is 2.45. The second-order valence-electron chi connectivity index (χ2n) is 13.1. The number of rotatable bonds is 5. The van der Waals surface area contributed by atoms with Gasteiger partial charge in [-0.3, -0.25) is 4.57 Å². The van der Waals surface area contributed by atoms with Gasteiger partial charge in [-0.1, -0.05) is 127 Å². The van der Waals surface area contributed by atoms with Gasteiger partial charge < -0.3 is 0 Å². The molecule has 0 saturated carbocycles. The highest BCUT2D eigenvalue weighted by atomic mass is 32.1. The topological polar surface area (TPSA) is 56.5 Å². The molecule has 11 rings (SSSR count). The smallest absolute Gasteiger partial charge is 0.238 e. The Balaban J connectivity index is 1.15. The zero-order valence-electron chi connectivity index (χ0n) is 28.1. The lowest BCUT2D eigenvalue weighted by Crippen LogP contribution is -2.06. The van der Waals surface area contributed by atoms with E-state index in [1.807, 2.05) is 24.3 Å². The molecule has 0 unspecified atom stereocenters. The average Bonchev–Trinajstić information content (AvgIpc) is 3.93. The van der Waals surface area contributed by atoms with E-state index in [1.165, 1.54) is 31.3 Å². The largest absolute Gasteiger partial charge is 0.278 e. The molecule has 0 fully saturated rings. The molecule has 53 heavy (non-hydrogen) atoms. The first-order chi connectivity index (χ1) is 26.3. The number of para-hydroxylation sites is 2. The van der Waals surface area contributed by atoms with Gasteiger partial charge in [-0.2, -0.15) is 9.97 Å². The Morgan fingerprint density at radius 2 is 1.04 bits per heavy atom. The van der Waals surface area contributed by atoms with Gasteiger partial charge in [0.25, 0.3) is 0 Å². The van der Waals surface area contributed by atoms with Crippen LogP contribution in [0.2, 0.25) is 0 Å². The molecule has 5 nitrogen and oxygen atoms in total. The van der Waals surface area contributed by atoms with E-state index in [0.29, 0.717) is 17.6 Å². The van der Waals surface area contributed by atoms with E-state index in [2.05, 4.69) is 144 Å². The van der Waals surface area contributed by atoms with Gasteiger partial charge in [0.05, 0.1) is 21.3 Å². The Morgan fingerprint density at radius 1 is 0.396 bits per heavy atom. The van der Waals surface area contributed by atoms with Gasteiger partial charge in [0, 0.05) is 47.6 Å². The quantitative estimate of drug-likeness (QED) is 0.178. The van der Waals surface area contributed by atoms with E-state index in [1.54, 1.807) is 22.7 Å². The number of nitrogens with zero attached hydrogens (tertiary/aromatic N) is 5. The Kier molecular flexibility index (Phi) is 6.83. The molecule has 0 saturated heterocycles. The van der Waals surface area contributed by atoms with Gasteiger partial charge in [0.15, 0.2) is 11.6 Å². The number of thiazole rings is 1. The van der Waals surface area contributed by atoms with E-state index < -0.39 is 0 Å². The lowest BCUT2D eigenvalue weighted by Gasteiger charge is -2.11. The lowest BCUT2D eigenvalue weighted by atomic mass is 10.0. The van der Waals surface area contributed by atoms with Crippen molar-refractivity contribution >= 4 is 74.9 Å². The summed E-state index contributed by atoms with van der Waals surface area (Å²) in [5, 5.41) is 5.72. The summed E-state index contributed by atoms with van der Waals surface area (Å²) in [6.07, 6.45) is 0. The second-order valence-corrected chi connectivity index (χ2v) is 15.1. The number of aromatic nitrogens is 5. The third-order valence-corrected chi connectivity index (χ3v) is 12.3. The molecule has 0 atom stereocenters. The Hall–Kier alpha value is -6.54. The molecule has 0 bridgehead atoms. The summed E-state index contributed by atoms with van der Waals surface area (Å²) in [4.78, 5) is 20.7. The summed E-state index contributed by atoms with van der Waals surface area (Å²) in [5.41, 5.74) is 8.54. The van der Waals surface area contributed by atoms with Crippen molar-refractivity contribution < 1.29 is 0 Å². The third-order valence-electron chi connectivity index (χ3n) is 9.92. The van der Waals surface area contributed by atoms with Crippen LogP contribution in [0.25, 0.3) is 103 Å². The van der Waals surface area contributed by atoms with E-state index in [4.69, 9.17) is 19.9 Å². The number of thiophene rings is 1. The molecule has 248 valence electrons. The number of hydrogen-bond acceptors (Lipinski definition) is 6. The molecule has 0 radical (unpaired) electrons. The summed E-state index contributed by atoms with van der Waals surface area (Å²) in [6, 6.07) is 57.3. The fourth-order valence-electron chi connectivity index (χ4n) is 7.45. The van der Waals surface area contributed by atoms with Gasteiger partial charge in [0.2, 0.25) is 5.95 Å².